The van der Waals surface area contributed by atoms with Gasteiger partial charge in [-0.1, -0.05) is 49.4 Å². The molecule has 0 saturated carbocycles. The van der Waals surface area contributed by atoms with E-state index in [0.29, 0.717) is 0 Å². The van der Waals surface area contributed by atoms with Crippen molar-refractivity contribution in [2.75, 3.05) is 55.6 Å². The molecule has 5 heteroatoms. The molecule has 5 nitrogen and oxygen atoms in total. The smallest absolute Gasteiger partial charge is 0.134 e. The summed E-state index contributed by atoms with van der Waals surface area (Å²) < 4.78 is 0. The molecule has 2 fully saturated rings. The van der Waals surface area contributed by atoms with Crippen molar-refractivity contribution in [1.29, 1.82) is 0 Å². The maximum absolute atomic E-state index is 4.56. The summed E-state index contributed by atoms with van der Waals surface area (Å²) in [5.41, 5.74) is 1.27. The zero-order chi connectivity index (χ0) is 19.2. The highest BCUT2D eigenvalue weighted by Gasteiger charge is 2.20. The van der Waals surface area contributed by atoms with Gasteiger partial charge in [0.1, 0.15) is 18.0 Å². The van der Waals surface area contributed by atoms with E-state index in [0.717, 1.165) is 63.4 Å². The molecule has 3 heterocycles. The van der Waals surface area contributed by atoms with E-state index in [4.69, 9.17) is 0 Å². The summed E-state index contributed by atoms with van der Waals surface area (Å²) in [6.45, 7) is 9.75. The Labute approximate surface area is 168 Å². The lowest BCUT2D eigenvalue weighted by molar-refractivity contribution is 0.283. The number of hydrogen-bond donors (Lipinski definition) is 0. The van der Waals surface area contributed by atoms with Crippen LogP contribution >= 0.6 is 0 Å². The first-order chi connectivity index (χ1) is 13.8. The molecule has 0 bridgehead atoms. The van der Waals surface area contributed by atoms with Crippen molar-refractivity contribution in [3.8, 4) is 0 Å². The van der Waals surface area contributed by atoms with Crippen molar-refractivity contribution >= 4 is 17.7 Å². The SMILES string of the molecule is CC1CCN(c2cc(N3CCN(C/C=C/c4ccccc4)CC3)ncn2)CC1. The topological polar surface area (TPSA) is 35.5 Å². The lowest BCUT2D eigenvalue weighted by Crippen LogP contribution is -2.46. The van der Waals surface area contributed by atoms with Crippen molar-refractivity contribution < 1.29 is 0 Å². The van der Waals surface area contributed by atoms with Gasteiger partial charge in [0.15, 0.2) is 0 Å². The van der Waals surface area contributed by atoms with E-state index < -0.39 is 0 Å². The maximum atomic E-state index is 4.56. The van der Waals surface area contributed by atoms with Gasteiger partial charge in [0.05, 0.1) is 0 Å². The molecule has 0 radical (unpaired) electrons. The first-order valence-corrected chi connectivity index (χ1v) is 10.5. The second-order valence-corrected chi connectivity index (χ2v) is 8.00. The highest BCUT2D eigenvalue weighted by Crippen LogP contribution is 2.24. The molecule has 0 atom stereocenters. The molecule has 0 unspecified atom stereocenters. The lowest BCUT2D eigenvalue weighted by Gasteiger charge is -2.35. The summed E-state index contributed by atoms with van der Waals surface area (Å²) in [6.07, 6.45) is 8.73. The van der Waals surface area contributed by atoms with Gasteiger partial charge in [-0.05, 0) is 24.3 Å². The van der Waals surface area contributed by atoms with E-state index in [1.165, 1.54) is 18.4 Å². The summed E-state index contributed by atoms with van der Waals surface area (Å²) in [5.74, 6) is 3.00. The molecule has 1 aromatic carbocycles. The van der Waals surface area contributed by atoms with Gasteiger partial charge >= 0.3 is 0 Å². The largest absolute Gasteiger partial charge is 0.356 e. The number of piperidine rings is 1. The molecule has 0 aliphatic carbocycles. The van der Waals surface area contributed by atoms with Crippen LogP contribution in [0.4, 0.5) is 11.6 Å². The van der Waals surface area contributed by atoms with Gasteiger partial charge in [0.2, 0.25) is 0 Å². The Kier molecular flexibility index (Phi) is 6.22. The number of aromatic nitrogens is 2. The van der Waals surface area contributed by atoms with E-state index in [-0.39, 0.29) is 0 Å². The first kappa shape index (κ1) is 18.9. The molecule has 2 aliphatic heterocycles. The Morgan fingerprint density at radius 2 is 1.54 bits per heavy atom. The molecule has 2 saturated heterocycles. The summed E-state index contributed by atoms with van der Waals surface area (Å²) in [6, 6.07) is 12.7. The van der Waals surface area contributed by atoms with Crippen LogP contribution in [0.15, 0.2) is 48.8 Å². The fourth-order valence-corrected chi connectivity index (χ4v) is 3.98. The Bertz CT molecular complexity index is 760. The van der Waals surface area contributed by atoms with E-state index in [1.54, 1.807) is 6.33 Å². The summed E-state index contributed by atoms with van der Waals surface area (Å²) in [5, 5.41) is 0. The highest BCUT2D eigenvalue weighted by atomic mass is 15.3. The zero-order valence-electron chi connectivity index (χ0n) is 16.9. The van der Waals surface area contributed by atoms with Gasteiger partial charge in [0, 0.05) is 51.9 Å². The van der Waals surface area contributed by atoms with Crippen LogP contribution in [-0.2, 0) is 0 Å². The second kappa shape index (κ2) is 9.20. The third-order valence-corrected chi connectivity index (χ3v) is 5.92. The number of rotatable bonds is 5. The fourth-order valence-electron chi connectivity index (χ4n) is 3.98. The molecular weight excluding hydrogens is 346 g/mol. The minimum Gasteiger partial charge on any atom is -0.356 e. The Hall–Kier alpha value is -2.40. The van der Waals surface area contributed by atoms with E-state index in [9.17, 15) is 0 Å². The van der Waals surface area contributed by atoms with Crippen LogP contribution < -0.4 is 9.80 Å². The number of nitrogens with zero attached hydrogens (tertiary/aromatic N) is 5. The van der Waals surface area contributed by atoms with Crippen LogP contribution in [0.2, 0.25) is 0 Å². The van der Waals surface area contributed by atoms with E-state index >= 15 is 0 Å². The summed E-state index contributed by atoms with van der Waals surface area (Å²) in [4.78, 5) is 16.4. The lowest BCUT2D eigenvalue weighted by atomic mass is 9.99. The van der Waals surface area contributed by atoms with Crippen molar-refractivity contribution in [3.05, 3.63) is 54.4 Å². The van der Waals surface area contributed by atoms with Crippen LogP contribution in [0.5, 0.6) is 0 Å². The van der Waals surface area contributed by atoms with Gasteiger partial charge in [-0.15, -0.1) is 0 Å². The quantitative estimate of drug-likeness (QED) is 0.796. The monoisotopic (exact) mass is 377 g/mol. The van der Waals surface area contributed by atoms with Crippen molar-refractivity contribution in [1.82, 2.24) is 14.9 Å². The molecule has 148 valence electrons. The molecular formula is C23H31N5. The number of hydrogen-bond acceptors (Lipinski definition) is 5. The van der Waals surface area contributed by atoms with Crippen molar-refractivity contribution in [2.24, 2.45) is 5.92 Å². The zero-order valence-corrected chi connectivity index (χ0v) is 16.9. The first-order valence-electron chi connectivity index (χ1n) is 10.5. The number of piperazine rings is 1. The van der Waals surface area contributed by atoms with Gasteiger partial charge in [-0.3, -0.25) is 4.90 Å². The minimum atomic E-state index is 0.835. The molecule has 4 rings (SSSR count). The van der Waals surface area contributed by atoms with Gasteiger partial charge in [-0.25, -0.2) is 9.97 Å². The maximum Gasteiger partial charge on any atom is 0.134 e. The molecule has 0 N–H and O–H groups in total. The summed E-state index contributed by atoms with van der Waals surface area (Å²) >= 11 is 0. The number of anilines is 2. The Morgan fingerprint density at radius 3 is 2.21 bits per heavy atom. The van der Waals surface area contributed by atoms with Crippen LogP contribution in [0, 0.1) is 5.92 Å². The Morgan fingerprint density at radius 1 is 0.893 bits per heavy atom. The van der Waals surface area contributed by atoms with Gasteiger partial charge in [0.25, 0.3) is 0 Å². The van der Waals surface area contributed by atoms with Crippen LogP contribution in [-0.4, -0.2) is 60.7 Å². The van der Waals surface area contributed by atoms with Crippen LogP contribution in [0.3, 0.4) is 0 Å². The standard InChI is InChI=1S/C23H31N5/c1-20-9-12-27(13-10-20)22-18-23(25-19-24-22)28-16-14-26(15-17-28)11-5-8-21-6-3-2-4-7-21/h2-8,18-20H,9-17H2,1H3/b8-5+. The van der Waals surface area contributed by atoms with E-state index in [2.05, 4.69) is 80.1 Å². The minimum absolute atomic E-state index is 0.835. The van der Waals surface area contributed by atoms with Gasteiger partial charge in [-0.2, -0.15) is 0 Å². The molecule has 2 aromatic rings. The molecule has 0 amide bonds. The predicted molar refractivity (Wildman–Crippen MR) is 117 cm³/mol. The molecule has 1 aromatic heterocycles. The third kappa shape index (κ3) is 4.90. The molecule has 28 heavy (non-hydrogen) atoms. The second-order valence-electron chi connectivity index (χ2n) is 8.00. The third-order valence-electron chi connectivity index (χ3n) is 5.92. The van der Waals surface area contributed by atoms with E-state index in [1.807, 2.05) is 0 Å². The number of benzene rings is 1. The van der Waals surface area contributed by atoms with Crippen molar-refractivity contribution in [2.45, 2.75) is 19.8 Å². The Balaban J connectivity index is 1.29. The molecule has 2 aliphatic rings. The fraction of sp³-hybridized carbons (Fsp3) is 0.478. The van der Waals surface area contributed by atoms with Crippen LogP contribution in [0.25, 0.3) is 6.08 Å². The molecule has 0 spiro atoms. The van der Waals surface area contributed by atoms with Gasteiger partial charge < -0.3 is 9.80 Å². The average molecular weight is 378 g/mol. The average Bonchev–Trinajstić information content (AvgIpc) is 2.76. The normalized spacial score (nSPS) is 19.5. The predicted octanol–water partition coefficient (Wildman–Crippen LogP) is 3.55. The van der Waals surface area contributed by atoms with Crippen molar-refractivity contribution in [3.63, 3.8) is 0 Å². The summed E-state index contributed by atoms with van der Waals surface area (Å²) in [7, 11) is 0. The highest BCUT2D eigenvalue weighted by molar-refractivity contribution is 5.51. The van der Waals surface area contributed by atoms with Crippen LogP contribution in [0.1, 0.15) is 25.3 Å².